The van der Waals surface area contributed by atoms with Crippen molar-refractivity contribution in [1.29, 1.82) is 0 Å². The molecule has 0 saturated heterocycles. The third-order valence-electron chi connectivity index (χ3n) is 2.06. The molecule has 0 saturated carbocycles. The first-order chi connectivity index (χ1) is 7.65. The first kappa shape index (κ1) is 13.0. The first-order valence-corrected chi connectivity index (χ1v) is 5.83. The van der Waals surface area contributed by atoms with Crippen molar-refractivity contribution in [3.05, 3.63) is 28.2 Å². The Labute approximate surface area is 103 Å². The lowest BCUT2D eigenvalue weighted by atomic mass is 10.1. The van der Waals surface area contributed by atoms with E-state index in [1.807, 2.05) is 18.2 Å². The van der Waals surface area contributed by atoms with E-state index in [-0.39, 0.29) is 18.9 Å². The monoisotopic (exact) mass is 286 g/mol. The highest BCUT2D eigenvalue weighted by atomic mass is 79.9. The van der Waals surface area contributed by atoms with Gasteiger partial charge < -0.3 is 16.2 Å². The zero-order chi connectivity index (χ0) is 12.0. The van der Waals surface area contributed by atoms with Crippen molar-refractivity contribution in [2.75, 3.05) is 13.2 Å². The Bertz CT molecular complexity index is 369. The minimum Gasteiger partial charge on any atom is -0.492 e. The number of halogens is 1. The molecule has 5 heteroatoms. The lowest BCUT2D eigenvalue weighted by molar-refractivity contribution is -0.118. The zero-order valence-corrected chi connectivity index (χ0v) is 10.5. The fraction of sp³-hybridized carbons (Fsp3) is 0.364. The van der Waals surface area contributed by atoms with Crippen LogP contribution in [0, 0.1) is 0 Å². The molecule has 0 fully saturated rings. The zero-order valence-electron chi connectivity index (χ0n) is 8.91. The molecule has 1 aromatic rings. The van der Waals surface area contributed by atoms with Gasteiger partial charge in [0.25, 0.3) is 0 Å². The summed E-state index contributed by atoms with van der Waals surface area (Å²) < 4.78 is 6.39. The number of carbonyl (C=O) groups excluding carboxylic acids is 1. The molecule has 4 N–H and O–H groups in total. The molecular weight excluding hydrogens is 272 g/mol. The number of nitrogens with two attached hydrogens (primary N) is 2. The van der Waals surface area contributed by atoms with Crippen LogP contribution >= 0.6 is 15.9 Å². The van der Waals surface area contributed by atoms with Crippen molar-refractivity contribution >= 4 is 21.8 Å². The maximum Gasteiger partial charge on any atom is 0.220 e. The van der Waals surface area contributed by atoms with Gasteiger partial charge in [-0.25, -0.2) is 0 Å². The van der Waals surface area contributed by atoms with E-state index in [4.69, 9.17) is 16.2 Å². The predicted octanol–water partition coefficient (Wildman–Crippen LogP) is 1.20. The van der Waals surface area contributed by atoms with E-state index in [9.17, 15) is 4.79 Å². The Hall–Kier alpha value is -1.07. The van der Waals surface area contributed by atoms with Crippen LogP contribution in [0.1, 0.15) is 12.0 Å². The second-order valence-electron chi connectivity index (χ2n) is 3.33. The van der Waals surface area contributed by atoms with Gasteiger partial charge in [0.05, 0.1) is 17.5 Å². The number of hydrogen-bond donors (Lipinski definition) is 2. The topological polar surface area (TPSA) is 78.3 Å². The molecule has 0 aliphatic heterocycles. The van der Waals surface area contributed by atoms with Crippen LogP contribution in [0.5, 0.6) is 5.75 Å². The second kappa shape index (κ2) is 6.50. The molecule has 0 aliphatic carbocycles. The Morgan fingerprint density at radius 3 is 2.81 bits per heavy atom. The molecule has 0 atom stereocenters. The predicted molar refractivity (Wildman–Crippen MR) is 66.2 cm³/mol. The highest BCUT2D eigenvalue weighted by molar-refractivity contribution is 9.10. The van der Waals surface area contributed by atoms with Crippen molar-refractivity contribution in [3.63, 3.8) is 0 Å². The summed E-state index contributed by atoms with van der Waals surface area (Å²) in [4.78, 5) is 10.6. The third kappa shape index (κ3) is 3.83. The van der Waals surface area contributed by atoms with Crippen LogP contribution in [0.25, 0.3) is 0 Å². The second-order valence-corrected chi connectivity index (χ2v) is 4.19. The van der Waals surface area contributed by atoms with Gasteiger partial charge in [-0.2, -0.15) is 0 Å². The number of hydrogen-bond acceptors (Lipinski definition) is 3. The van der Waals surface area contributed by atoms with Crippen LogP contribution in [0.2, 0.25) is 0 Å². The fourth-order valence-corrected chi connectivity index (χ4v) is 1.84. The SMILES string of the molecule is NCCc1cccc(Br)c1OCCC(N)=O. The highest BCUT2D eigenvalue weighted by Crippen LogP contribution is 2.29. The number of rotatable bonds is 6. The molecule has 4 nitrogen and oxygen atoms in total. The van der Waals surface area contributed by atoms with Crippen LogP contribution in [-0.4, -0.2) is 19.1 Å². The molecule has 0 radical (unpaired) electrons. The molecule has 1 rings (SSSR count). The summed E-state index contributed by atoms with van der Waals surface area (Å²) in [6.45, 7) is 0.845. The molecule has 0 aliphatic rings. The highest BCUT2D eigenvalue weighted by Gasteiger charge is 2.07. The van der Waals surface area contributed by atoms with Gasteiger partial charge in [0.1, 0.15) is 5.75 Å². The molecule has 0 heterocycles. The third-order valence-corrected chi connectivity index (χ3v) is 2.68. The van der Waals surface area contributed by atoms with Crippen LogP contribution in [0.3, 0.4) is 0 Å². The number of carbonyl (C=O) groups is 1. The van der Waals surface area contributed by atoms with Gasteiger partial charge in [-0.15, -0.1) is 0 Å². The van der Waals surface area contributed by atoms with Crippen LogP contribution in [0.15, 0.2) is 22.7 Å². The molecule has 0 unspecified atom stereocenters. The van der Waals surface area contributed by atoms with Crippen molar-refractivity contribution < 1.29 is 9.53 Å². The van der Waals surface area contributed by atoms with Gasteiger partial charge >= 0.3 is 0 Å². The molecule has 16 heavy (non-hydrogen) atoms. The van der Waals surface area contributed by atoms with Gasteiger partial charge in [0.15, 0.2) is 0 Å². The van der Waals surface area contributed by atoms with Crippen molar-refractivity contribution in [2.24, 2.45) is 11.5 Å². The van der Waals surface area contributed by atoms with E-state index >= 15 is 0 Å². The Morgan fingerprint density at radius 1 is 1.44 bits per heavy atom. The summed E-state index contributed by atoms with van der Waals surface area (Å²) in [6.07, 6.45) is 0.953. The number of para-hydroxylation sites is 1. The lowest BCUT2D eigenvalue weighted by Crippen LogP contribution is -2.15. The molecule has 0 aromatic heterocycles. The molecular formula is C11H15BrN2O2. The van der Waals surface area contributed by atoms with Gasteiger partial charge in [-0.3, -0.25) is 4.79 Å². The summed E-state index contributed by atoms with van der Waals surface area (Å²) in [5.41, 5.74) is 11.6. The summed E-state index contributed by atoms with van der Waals surface area (Å²) in [7, 11) is 0. The first-order valence-electron chi connectivity index (χ1n) is 5.03. The maximum atomic E-state index is 10.6. The fourth-order valence-electron chi connectivity index (χ4n) is 1.32. The molecule has 88 valence electrons. The van der Waals surface area contributed by atoms with Crippen molar-refractivity contribution in [3.8, 4) is 5.75 Å². The molecule has 0 bridgehead atoms. The van der Waals surface area contributed by atoms with E-state index in [0.717, 1.165) is 22.2 Å². The molecule has 1 aromatic carbocycles. The van der Waals surface area contributed by atoms with Crippen LogP contribution < -0.4 is 16.2 Å². The van der Waals surface area contributed by atoms with E-state index in [1.165, 1.54) is 0 Å². The van der Waals surface area contributed by atoms with Crippen LogP contribution in [-0.2, 0) is 11.2 Å². The Balaban J connectivity index is 2.71. The number of benzene rings is 1. The van der Waals surface area contributed by atoms with Crippen molar-refractivity contribution in [2.45, 2.75) is 12.8 Å². The van der Waals surface area contributed by atoms with E-state index in [2.05, 4.69) is 15.9 Å². The number of amides is 1. The summed E-state index contributed by atoms with van der Waals surface area (Å²) in [5, 5.41) is 0. The standard InChI is InChI=1S/C11H15BrN2O2/c12-9-3-1-2-8(4-6-13)11(9)16-7-5-10(14)15/h1-3H,4-7,13H2,(H2,14,15). The number of primary amides is 1. The largest absolute Gasteiger partial charge is 0.492 e. The summed E-state index contributed by atoms with van der Waals surface area (Å²) >= 11 is 3.40. The minimum atomic E-state index is -0.368. The van der Waals surface area contributed by atoms with Gasteiger partial charge in [0.2, 0.25) is 5.91 Å². The van der Waals surface area contributed by atoms with E-state index < -0.39 is 0 Å². The van der Waals surface area contributed by atoms with Crippen molar-refractivity contribution in [1.82, 2.24) is 0 Å². The summed E-state index contributed by atoms with van der Waals surface area (Å²) in [5.74, 6) is 0.377. The normalized spacial score (nSPS) is 10.1. The van der Waals surface area contributed by atoms with Crippen LogP contribution in [0.4, 0.5) is 0 Å². The quantitative estimate of drug-likeness (QED) is 0.825. The minimum absolute atomic E-state index is 0.212. The molecule has 1 amide bonds. The van der Waals surface area contributed by atoms with E-state index in [1.54, 1.807) is 0 Å². The summed E-state index contributed by atoms with van der Waals surface area (Å²) in [6, 6.07) is 5.77. The Kier molecular flexibility index (Phi) is 5.28. The van der Waals surface area contributed by atoms with E-state index in [0.29, 0.717) is 6.54 Å². The maximum absolute atomic E-state index is 10.6. The molecule has 0 spiro atoms. The Morgan fingerprint density at radius 2 is 2.19 bits per heavy atom. The van der Waals surface area contributed by atoms with Gasteiger partial charge in [0, 0.05) is 0 Å². The average Bonchev–Trinajstić information content (AvgIpc) is 2.22. The lowest BCUT2D eigenvalue weighted by Gasteiger charge is -2.12. The average molecular weight is 287 g/mol. The number of ether oxygens (including phenoxy) is 1. The smallest absolute Gasteiger partial charge is 0.220 e. The van der Waals surface area contributed by atoms with Gasteiger partial charge in [-0.05, 0) is 40.5 Å². The van der Waals surface area contributed by atoms with Gasteiger partial charge in [-0.1, -0.05) is 12.1 Å².